The van der Waals surface area contributed by atoms with E-state index in [0.29, 0.717) is 16.4 Å². The number of ketones is 1. The number of hydrogen-bond donors (Lipinski definition) is 1. The molecule has 1 aromatic heterocycles. The molecule has 0 aliphatic heterocycles. The van der Waals surface area contributed by atoms with Crippen LogP contribution in [0.5, 0.6) is 0 Å². The third kappa shape index (κ3) is 5.47. The number of nitrogens with one attached hydrogen (secondary N) is 1. The molecule has 3 aromatic carbocycles. The van der Waals surface area contributed by atoms with E-state index >= 15 is 0 Å². The molecular weight excluding hydrogens is 418 g/mol. The highest BCUT2D eigenvalue weighted by Gasteiger charge is 2.12. The average Bonchev–Trinajstić information content (AvgIpc) is 2.84. The van der Waals surface area contributed by atoms with Gasteiger partial charge in [-0.05, 0) is 25.1 Å². The summed E-state index contributed by atoms with van der Waals surface area (Å²) >= 11 is 1.27. The van der Waals surface area contributed by atoms with Crippen LogP contribution in [0.15, 0.2) is 96.2 Å². The van der Waals surface area contributed by atoms with Crippen molar-refractivity contribution in [3.05, 3.63) is 96.6 Å². The van der Waals surface area contributed by atoms with E-state index in [1.54, 1.807) is 24.3 Å². The minimum absolute atomic E-state index is 0.0463. The summed E-state index contributed by atoms with van der Waals surface area (Å²) in [5, 5.41) is 3.36. The minimum atomic E-state index is -0.189. The Balaban J connectivity index is 1.54. The Kier molecular flexibility index (Phi) is 6.72. The van der Waals surface area contributed by atoms with E-state index in [-0.39, 0.29) is 17.4 Å². The Morgan fingerprint density at radius 2 is 1.38 bits per heavy atom. The number of nitrogens with zero attached hydrogens (tertiary/aromatic N) is 2. The van der Waals surface area contributed by atoms with Crippen molar-refractivity contribution < 1.29 is 9.59 Å². The van der Waals surface area contributed by atoms with Gasteiger partial charge in [0, 0.05) is 22.4 Å². The molecule has 0 saturated heterocycles. The first-order chi connectivity index (χ1) is 15.6. The van der Waals surface area contributed by atoms with Gasteiger partial charge < -0.3 is 5.32 Å². The molecule has 6 heteroatoms. The van der Waals surface area contributed by atoms with Gasteiger partial charge in [0.15, 0.2) is 10.9 Å². The van der Waals surface area contributed by atoms with Crippen molar-refractivity contribution in [2.24, 2.45) is 0 Å². The normalized spacial score (nSPS) is 10.5. The zero-order valence-corrected chi connectivity index (χ0v) is 18.3. The first-order valence-corrected chi connectivity index (χ1v) is 11.1. The van der Waals surface area contributed by atoms with E-state index < -0.39 is 0 Å². The molecule has 0 atom stereocenters. The second kappa shape index (κ2) is 10.0. The van der Waals surface area contributed by atoms with Gasteiger partial charge in [-0.1, -0.05) is 84.6 Å². The lowest BCUT2D eigenvalue weighted by atomic mass is 10.1. The third-order valence-electron chi connectivity index (χ3n) is 4.73. The molecule has 1 heterocycles. The van der Waals surface area contributed by atoms with Crippen LogP contribution in [-0.4, -0.2) is 27.4 Å². The Morgan fingerprint density at radius 3 is 1.94 bits per heavy atom. The Bertz CT molecular complexity index is 1190. The van der Waals surface area contributed by atoms with Crippen molar-refractivity contribution in [2.75, 3.05) is 11.1 Å². The Morgan fingerprint density at radius 1 is 0.781 bits per heavy atom. The van der Waals surface area contributed by atoms with Crippen LogP contribution in [-0.2, 0) is 4.79 Å². The van der Waals surface area contributed by atoms with Crippen LogP contribution in [0.25, 0.3) is 22.5 Å². The van der Waals surface area contributed by atoms with Crippen molar-refractivity contribution in [1.29, 1.82) is 0 Å². The molecule has 0 aliphatic carbocycles. The summed E-state index contributed by atoms with van der Waals surface area (Å²) in [6, 6.07) is 28.7. The molecule has 0 bridgehead atoms. The summed E-state index contributed by atoms with van der Waals surface area (Å²) in [5.41, 5.74) is 4.72. The lowest BCUT2D eigenvalue weighted by molar-refractivity contribution is -0.113. The maximum atomic E-state index is 12.5. The minimum Gasteiger partial charge on any atom is -0.325 e. The van der Waals surface area contributed by atoms with Crippen molar-refractivity contribution in [3.63, 3.8) is 0 Å². The molecular formula is C26H21N3O2S. The maximum absolute atomic E-state index is 12.5. The smallest absolute Gasteiger partial charge is 0.234 e. The monoisotopic (exact) mass is 439 g/mol. The zero-order valence-electron chi connectivity index (χ0n) is 17.5. The van der Waals surface area contributed by atoms with Crippen LogP contribution in [0.4, 0.5) is 5.69 Å². The summed E-state index contributed by atoms with van der Waals surface area (Å²) in [5.74, 6) is -0.0859. The maximum Gasteiger partial charge on any atom is 0.234 e. The number of aromatic nitrogens is 2. The number of rotatable bonds is 7. The third-order valence-corrected chi connectivity index (χ3v) is 5.58. The summed E-state index contributed by atoms with van der Waals surface area (Å²) in [6.07, 6.45) is 0. The van der Waals surface area contributed by atoms with Crippen LogP contribution < -0.4 is 5.32 Å². The van der Waals surface area contributed by atoms with Gasteiger partial charge in [0.05, 0.1) is 17.1 Å². The molecule has 158 valence electrons. The molecule has 0 saturated carbocycles. The van der Waals surface area contributed by atoms with Gasteiger partial charge in [-0.2, -0.15) is 0 Å². The zero-order chi connectivity index (χ0) is 22.3. The predicted molar refractivity (Wildman–Crippen MR) is 129 cm³/mol. The lowest BCUT2D eigenvalue weighted by Gasteiger charge is -2.09. The molecule has 0 radical (unpaired) electrons. The SMILES string of the molecule is CC(=O)c1cccc(NC(=O)CSc2nc(-c3ccccc3)cc(-c3ccccc3)n2)c1. The Labute approximate surface area is 190 Å². The first-order valence-electron chi connectivity index (χ1n) is 10.1. The van der Waals surface area contributed by atoms with Crippen LogP contribution in [0, 0.1) is 0 Å². The van der Waals surface area contributed by atoms with E-state index in [2.05, 4.69) is 15.3 Å². The average molecular weight is 440 g/mol. The molecule has 5 nitrogen and oxygen atoms in total. The number of hydrogen-bond acceptors (Lipinski definition) is 5. The van der Waals surface area contributed by atoms with Gasteiger partial charge in [0.25, 0.3) is 0 Å². The fourth-order valence-corrected chi connectivity index (χ4v) is 3.80. The second-order valence-electron chi connectivity index (χ2n) is 7.13. The largest absolute Gasteiger partial charge is 0.325 e. The van der Waals surface area contributed by atoms with E-state index in [1.165, 1.54) is 18.7 Å². The van der Waals surface area contributed by atoms with E-state index in [1.807, 2.05) is 66.7 Å². The van der Waals surface area contributed by atoms with Crippen molar-refractivity contribution in [2.45, 2.75) is 12.1 Å². The summed E-state index contributed by atoms with van der Waals surface area (Å²) in [4.78, 5) is 33.4. The summed E-state index contributed by atoms with van der Waals surface area (Å²) in [6.45, 7) is 1.50. The summed E-state index contributed by atoms with van der Waals surface area (Å²) in [7, 11) is 0. The molecule has 0 fully saturated rings. The van der Waals surface area contributed by atoms with Gasteiger partial charge in [-0.25, -0.2) is 9.97 Å². The summed E-state index contributed by atoms with van der Waals surface area (Å²) < 4.78 is 0. The van der Waals surface area contributed by atoms with E-state index in [9.17, 15) is 9.59 Å². The second-order valence-corrected chi connectivity index (χ2v) is 8.07. The standard InChI is InChI=1S/C26H21N3O2S/c1-18(30)21-13-8-14-22(15-21)27-25(31)17-32-26-28-23(19-9-4-2-5-10-19)16-24(29-26)20-11-6-3-7-12-20/h2-16H,17H2,1H3,(H,27,31). The van der Waals surface area contributed by atoms with Crippen molar-refractivity contribution in [3.8, 4) is 22.5 Å². The van der Waals surface area contributed by atoms with E-state index in [0.717, 1.165) is 22.5 Å². The molecule has 0 spiro atoms. The van der Waals surface area contributed by atoms with Gasteiger partial charge in [0.1, 0.15) is 0 Å². The number of Topliss-reactive ketones (excluding diaryl/α,β-unsaturated/α-hetero) is 1. The van der Waals surface area contributed by atoms with Crippen LogP contribution in [0.1, 0.15) is 17.3 Å². The highest BCUT2D eigenvalue weighted by molar-refractivity contribution is 7.99. The van der Waals surface area contributed by atoms with Crippen LogP contribution in [0.2, 0.25) is 0 Å². The van der Waals surface area contributed by atoms with Gasteiger partial charge in [-0.3, -0.25) is 9.59 Å². The number of amides is 1. The fraction of sp³-hybridized carbons (Fsp3) is 0.0769. The molecule has 1 N–H and O–H groups in total. The first kappa shape index (κ1) is 21.5. The number of carbonyl (C=O) groups excluding carboxylic acids is 2. The highest BCUT2D eigenvalue weighted by Crippen LogP contribution is 2.27. The topological polar surface area (TPSA) is 72.0 Å². The van der Waals surface area contributed by atoms with Gasteiger partial charge in [-0.15, -0.1) is 0 Å². The molecule has 32 heavy (non-hydrogen) atoms. The molecule has 4 rings (SSSR count). The Hall–Kier alpha value is -3.77. The van der Waals surface area contributed by atoms with Gasteiger partial charge >= 0.3 is 0 Å². The van der Waals surface area contributed by atoms with E-state index in [4.69, 9.17) is 0 Å². The molecule has 0 aliphatic rings. The van der Waals surface area contributed by atoms with Crippen LogP contribution >= 0.6 is 11.8 Å². The molecule has 4 aromatic rings. The number of benzene rings is 3. The number of anilines is 1. The number of carbonyl (C=O) groups is 2. The highest BCUT2D eigenvalue weighted by atomic mass is 32.2. The predicted octanol–water partition coefficient (Wildman–Crippen LogP) is 5.74. The fourth-order valence-electron chi connectivity index (χ4n) is 3.15. The lowest BCUT2D eigenvalue weighted by Crippen LogP contribution is -2.14. The molecule has 0 unspecified atom stereocenters. The molecule has 1 amide bonds. The van der Waals surface area contributed by atoms with Crippen molar-refractivity contribution >= 4 is 29.1 Å². The van der Waals surface area contributed by atoms with Crippen molar-refractivity contribution in [1.82, 2.24) is 9.97 Å². The quantitative estimate of drug-likeness (QED) is 0.226. The van der Waals surface area contributed by atoms with Crippen LogP contribution in [0.3, 0.4) is 0 Å². The number of thioether (sulfide) groups is 1. The van der Waals surface area contributed by atoms with Gasteiger partial charge in [0.2, 0.25) is 5.91 Å².